The lowest BCUT2D eigenvalue weighted by Crippen LogP contribution is -2.29. The minimum Gasteiger partial charge on any atom is -0.481 e. The van der Waals surface area contributed by atoms with Gasteiger partial charge in [0.2, 0.25) is 5.91 Å². The number of aliphatic carboxylic acids is 1. The lowest BCUT2D eigenvalue weighted by atomic mass is 9.92. The van der Waals surface area contributed by atoms with Crippen molar-refractivity contribution >= 4 is 35.1 Å². The molecule has 0 aliphatic heterocycles. The van der Waals surface area contributed by atoms with Crippen LogP contribution in [0.5, 0.6) is 0 Å². The molecule has 0 aliphatic rings. The van der Waals surface area contributed by atoms with Crippen molar-refractivity contribution in [1.82, 2.24) is 4.90 Å². The Labute approximate surface area is 146 Å². The molecule has 0 radical (unpaired) electrons. The van der Waals surface area contributed by atoms with Gasteiger partial charge in [0.1, 0.15) is 0 Å². The molecule has 132 valence electrons. The number of carbonyl (C=O) groups is 3. The molecule has 0 fully saturated rings. The largest absolute Gasteiger partial charge is 0.481 e. The van der Waals surface area contributed by atoms with Gasteiger partial charge in [0.15, 0.2) is 0 Å². The molecule has 1 aromatic carbocycles. The molecule has 7 heteroatoms. The van der Waals surface area contributed by atoms with E-state index in [-0.39, 0.29) is 34.9 Å². The van der Waals surface area contributed by atoms with Gasteiger partial charge in [0, 0.05) is 25.7 Å². The summed E-state index contributed by atoms with van der Waals surface area (Å²) in [5.74, 6) is -1.53. The van der Waals surface area contributed by atoms with Crippen molar-refractivity contribution in [2.75, 3.05) is 18.9 Å². The highest BCUT2D eigenvalue weighted by Gasteiger charge is 2.19. The highest BCUT2D eigenvalue weighted by molar-refractivity contribution is 6.34. The van der Waals surface area contributed by atoms with E-state index >= 15 is 0 Å². The molecule has 6 nitrogen and oxygen atoms in total. The number of halogens is 1. The smallest absolute Gasteiger partial charge is 0.305 e. The summed E-state index contributed by atoms with van der Waals surface area (Å²) in [5.41, 5.74) is 0.549. The highest BCUT2D eigenvalue weighted by Crippen LogP contribution is 2.24. The molecule has 0 aromatic heterocycles. The van der Waals surface area contributed by atoms with Gasteiger partial charge in [-0.2, -0.15) is 0 Å². The fourth-order valence-corrected chi connectivity index (χ4v) is 2.22. The number of anilines is 1. The third-order valence-corrected chi connectivity index (χ3v) is 3.51. The minimum absolute atomic E-state index is 0.0745. The van der Waals surface area contributed by atoms with Gasteiger partial charge in [-0.25, -0.2) is 0 Å². The van der Waals surface area contributed by atoms with Crippen molar-refractivity contribution in [1.29, 1.82) is 0 Å². The van der Waals surface area contributed by atoms with E-state index in [1.807, 2.05) is 20.8 Å². The molecule has 0 saturated carbocycles. The highest BCUT2D eigenvalue weighted by atomic mass is 35.5. The fourth-order valence-electron chi connectivity index (χ4n) is 2.02. The Morgan fingerprint density at radius 3 is 2.42 bits per heavy atom. The Hall–Kier alpha value is -2.08. The van der Waals surface area contributed by atoms with Crippen LogP contribution in [0.3, 0.4) is 0 Å². The first kappa shape index (κ1) is 20.0. The van der Waals surface area contributed by atoms with Gasteiger partial charge in [0.05, 0.1) is 17.0 Å². The van der Waals surface area contributed by atoms with E-state index in [0.29, 0.717) is 12.1 Å². The monoisotopic (exact) mass is 354 g/mol. The van der Waals surface area contributed by atoms with Crippen molar-refractivity contribution in [3.05, 3.63) is 28.8 Å². The Morgan fingerprint density at radius 2 is 1.88 bits per heavy atom. The zero-order valence-electron chi connectivity index (χ0n) is 14.4. The summed E-state index contributed by atoms with van der Waals surface area (Å²) in [5, 5.41) is 11.7. The molecule has 0 aliphatic carbocycles. The van der Waals surface area contributed by atoms with E-state index in [0.717, 1.165) is 0 Å². The van der Waals surface area contributed by atoms with E-state index in [2.05, 4.69) is 5.32 Å². The number of rotatable bonds is 6. The maximum Gasteiger partial charge on any atom is 0.305 e. The van der Waals surface area contributed by atoms with Crippen molar-refractivity contribution in [3.63, 3.8) is 0 Å². The number of carboxylic acid groups (broad SMARTS) is 1. The maximum atomic E-state index is 12.4. The number of carbonyl (C=O) groups excluding carboxylic acids is 2. The molecule has 0 saturated heterocycles. The van der Waals surface area contributed by atoms with Crippen LogP contribution in [-0.4, -0.2) is 41.4 Å². The molecule has 2 amide bonds. The lowest BCUT2D eigenvalue weighted by Gasteiger charge is -2.19. The number of hydrogen-bond donors (Lipinski definition) is 2. The number of benzene rings is 1. The average molecular weight is 355 g/mol. The molecule has 0 atom stereocenters. The molecule has 24 heavy (non-hydrogen) atoms. The van der Waals surface area contributed by atoms with Gasteiger partial charge in [-0.15, -0.1) is 0 Å². The predicted molar refractivity (Wildman–Crippen MR) is 93.4 cm³/mol. The number of nitrogens with zero attached hydrogens (tertiary/aromatic N) is 1. The third-order valence-electron chi connectivity index (χ3n) is 3.18. The van der Waals surface area contributed by atoms with Crippen LogP contribution in [0, 0.1) is 5.41 Å². The standard InChI is InChI=1S/C17H23ClN2O4/c1-17(2,3)10-14(21)19-11-5-6-13(18)12(9-11)16(24)20(4)8-7-15(22)23/h5-6,9H,7-8,10H2,1-4H3,(H,19,21)(H,22,23). The lowest BCUT2D eigenvalue weighted by molar-refractivity contribution is -0.137. The summed E-state index contributed by atoms with van der Waals surface area (Å²) < 4.78 is 0. The molecule has 0 bridgehead atoms. The predicted octanol–water partition coefficient (Wildman–Crippen LogP) is 3.26. The first-order valence-electron chi connectivity index (χ1n) is 7.56. The van der Waals surface area contributed by atoms with E-state index in [9.17, 15) is 14.4 Å². The Kier molecular flexibility index (Phi) is 6.78. The molecular formula is C17H23ClN2O4. The van der Waals surface area contributed by atoms with Crippen molar-refractivity contribution in [2.24, 2.45) is 5.41 Å². The third kappa shape index (κ3) is 6.58. The van der Waals surface area contributed by atoms with Crippen LogP contribution in [0.4, 0.5) is 5.69 Å². The van der Waals surface area contributed by atoms with Crippen LogP contribution in [-0.2, 0) is 9.59 Å². The molecular weight excluding hydrogens is 332 g/mol. The SMILES string of the molecule is CN(CCC(=O)O)C(=O)c1cc(NC(=O)CC(C)(C)C)ccc1Cl. The second-order valence-corrected chi connectivity index (χ2v) is 7.26. The zero-order valence-corrected chi connectivity index (χ0v) is 15.1. The topological polar surface area (TPSA) is 86.7 Å². The first-order valence-corrected chi connectivity index (χ1v) is 7.94. The minimum atomic E-state index is -0.982. The average Bonchev–Trinajstić information content (AvgIpc) is 2.44. The van der Waals surface area contributed by atoms with Crippen LogP contribution in [0.15, 0.2) is 18.2 Å². The van der Waals surface area contributed by atoms with Gasteiger partial charge >= 0.3 is 5.97 Å². The van der Waals surface area contributed by atoms with Crippen LogP contribution in [0.1, 0.15) is 44.0 Å². The first-order chi connectivity index (χ1) is 11.0. The van der Waals surface area contributed by atoms with Gasteiger partial charge < -0.3 is 15.3 Å². The fraction of sp³-hybridized carbons (Fsp3) is 0.471. The maximum absolute atomic E-state index is 12.4. The van der Waals surface area contributed by atoms with Gasteiger partial charge in [0.25, 0.3) is 5.91 Å². The number of nitrogens with one attached hydrogen (secondary N) is 1. The van der Waals surface area contributed by atoms with E-state index in [1.165, 1.54) is 24.1 Å². The second-order valence-electron chi connectivity index (χ2n) is 6.85. The summed E-state index contributed by atoms with van der Waals surface area (Å²) in [6.45, 7) is 5.95. The second kappa shape index (κ2) is 8.15. The quantitative estimate of drug-likeness (QED) is 0.820. The molecule has 1 rings (SSSR count). The van der Waals surface area contributed by atoms with Crippen molar-refractivity contribution in [3.8, 4) is 0 Å². The van der Waals surface area contributed by atoms with Gasteiger partial charge in [-0.1, -0.05) is 32.4 Å². The number of amides is 2. The molecule has 1 aromatic rings. The zero-order chi connectivity index (χ0) is 18.5. The molecule has 0 spiro atoms. The summed E-state index contributed by atoms with van der Waals surface area (Å²) in [6.07, 6.45) is 0.194. The van der Waals surface area contributed by atoms with Crippen LogP contribution in [0.2, 0.25) is 5.02 Å². The molecule has 0 unspecified atom stereocenters. The summed E-state index contributed by atoms with van der Waals surface area (Å²) in [6, 6.07) is 4.66. The van der Waals surface area contributed by atoms with Crippen molar-refractivity contribution in [2.45, 2.75) is 33.6 Å². The van der Waals surface area contributed by atoms with E-state index < -0.39 is 11.9 Å². The Balaban J connectivity index is 2.87. The van der Waals surface area contributed by atoms with Gasteiger partial charge in [-0.05, 0) is 23.6 Å². The van der Waals surface area contributed by atoms with Gasteiger partial charge in [-0.3, -0.25) is 14.4 Å². The summed E-state index contributed by atoms with van der Waals surface area (Å²) in [4.78, 5) is 36.3. The normalized spacial score (nSPS) is 11.0. The Morgan fingerprint density at radius 1 is 1.25 bits per heavy atom. The summed E-state index contributed by atoms with van der Waals surface area (Å²) >= 11 is 6.06. The van der Waals surface area contributed by atoms with Crippen LogP contribution >= 0.6 is 11.6 Å². The Bertz CT molecular complexity index is 638. The van der Waals surface area contributed by atoms with Crippen molar-refractivity contribution < 1.29 is 19.5 Å². The molecule has 2 N–H and O–H groups in total. The van der Waals surface area contributed by atoms with Crippen LogP contribution in [0.25, 0.3) is 0 Å². The van der Waals surface area contributed by atoms with E-state index in [4.69, 9.17) is 16.7 Å². The summed E-state index contributed by atoms with van der Waals surface area (Å²) in [7, 11) is 1.51. The number of carboxylic acids is 1. The molecule has 0 heterocycles. The number of hydrogen-bond acceptors (Lipinski definition) is 3. The van der Waals surface area contributed by atoms with E-state index in [1.54, 1.807) is 6.07 Å². The van der Waals surface area contributed by atoms with Crippen LogP contribution < -0.4 is 5.32 Å².